The summed E-state index contributed by atoms with van der Waals surface area (Å²) in [6.45, 7) is 1.75. The van der Waals surface area contributed by atoms with Crippen LogP contribution in [0.25, 0.3) is 0 Å². The van der Waals surface area contributed by atoms with E-state index in [1.54, 1.807) is 19.1 Å². The summed E-state index contributed by atoms with van der Waals surface area (Å²) in [4.78, 5) is 18.9. The van der Waals surface area contributed by atoms with Gasteiger partial charge in [-0.2, -0.15) is 0 Å². The zero-order valence-electron chi connectivity index (χ0n) is 10.3. The molecule has 0 unspecified atom stereocenters. The predicted molar refractivity (Wildman–Crippen MR) is 68.9 cm³/mol. The second-order valence-electron chi connectivity index (χ2n) is 3.92. The maximum Gasteiger partial charge on any atom is 0.339 e. The molecule has 0 fully saturated rings. The van der Waals surface area contributed by atoms with Crippen LogP contribution in [0, 0.1) is 6.92 Å². The van der Waals surface area contributed by atoms with Gasteiger partial charge in [-0.15, -0.1) is 0 Å². The van der Waals surface area contributed by atoms with Gasteiger partial charge in [0.05, 0.1) is 16.9 Å². The van der Waals surface area contributed by atoms with Crippen LogP contribution in [0.1, 0.15) is 21.9 Å². The molecule has 0 saturated heterocycles. The van der Waals surface area contributed by atoms with Crippen molar-refractivity contribution in [2.45, 2.75) is 13.5 Å². The highest BCUT2D eigenvalue weighted by molar-refractivity contribution is 5.88. The molecule has 0 aliphatic heterocycles. The van der Waals surface area contributed by atoms with Crippen molar-refractivity contribution in [2.75, 3.05) is 5.73 Å². The predicted octanol–water partition coefficient (Wildman–Crippen LogP) is 1.64. The molecular weight excluding hydrogens is 246 g/mol. The highest BCUT2D eigenvalue weighted by Gasteiger charge is 2.10. The average Bonchev–Trinajstić information content (AvgIpc) is 2.37. The molecule has 0 bridgehead atoms. The van der Waals surface area contributed by atoms with Crippen LogP contribution in [0.5, 0.6) is 5.75 Å². The largest absolute Gasteiger partial charge is 0.483 e. The fraction of sp³-hybridized carbons (Fsp3) is 0.154. The lowest BCUT2D eigenvalue weighted by atomic mass is 10.2. The third-order valence-electron chi connectivity index (χ3n) is 2.54. The van der Waals surface area contributed by atoms with Crippen molar-refractivity contribution >= 4 is 11.7 Å². The fourth-order valence-corrected chi connectivity index (χ4v) is 1.55. The zero-order chi connectivity index (χ0) is 13.8. The number of nitrogens with zero attached hydrogens (tertiary/aromatic N) is 2. The van der Waals surface area contributed by atoms with Gasteiger partial charge in [-0.25, -0.2) is 14.8 Å². The van der Waals surface area contributed by atoms with Gasteiger partial charge >= 0.3 is 5.97 Å². The summed E-state index contributed by atoms with van der Waals surface area (Å²) in [6.07, 6.45) is 1.28. The van der Waals surface area contributed by atoms with E-state index in [4.69, 9.17) is 15.6 Å². The first kappa shape index (κ1) is 12.8. The molecule has 0 aliphatic carbocycles. The Morgan fingerprint density at radius 3 is 2.79 bits per heavy atom. The van der Waals surface area contributed by atoms with Gasteiger partial charge in [0.2, 0.25) is 0 Å². The quantitative estimate of drug-likeness (QED) is 0.810. The number of carbonyl (C=O) groups is 1. The summed E-state index contributed by atoms with van der Waals surface area (Å²) in [7, 11) is 0. The second-order valence-corrected chi connectivity index (χ2v) is 3.92. The first-order chi connectivity index (χ1) is 9.08. The van der Waals surface area contributed by atoms with E-state index in [-0.39, 0.29) is 12.2 Å². The molecule has 0 spiro atoms. The third kappa shape index (κ3) is 2.98. The first-order valence-electron chi connectivity index (χ1n) is 5.61. The molecule has 0 atom stereocenters. The summed E-state index contributed by atoms with van der Waals surface area (Å²) in [5, 5.41) is 8.87. The van der Waals surface area contributed by atoms with Gasteiger partial charge in [-0.3, -0.25) is 0 Å². The number of aromatic nitrogens is 2. The lowest BCUT2D eigenvalue weighted by Crippen LogP contribution is -2.08. The van der Waals surface area contributed by atoms with E-state index < -0.39 is 5.97 Å². The molecule has 2 aromatic rings. The SMILES string of the molecule is Cc1nc(COc2ccccc2N)ncc1C(=O)O. The van der Waals surface area contributed by atoms with E-state index in [1.165, 1.54) is 6.20 Å². The standard InChI is InChI=1S/C13H13N3O3/c1-8-9(13(17)18)6-15-12(16-8)7-19-11-5-3-2-4-10(11)14/h2-6H,7,14H2,1H3,(H,17,18). The molecule has 0 radical (unpaired) electrons. The molecule has 2 rings (SSSR count). The smallest absolute Gasteiger partial charge is 0.339 e. The number of rotatable bonds is 4. The number of anilines is 1. The van der Waals surface area contributed by atoms with Crippen molar-refractivity contribution in [1.82, 2.24) is 9.97 Å². The number of ether oxygens (including phenoxy) is 1. The molecule has 98 valence electrons. The summed E-state index contributed by atoms with van der Waals surface area (Å²) >= 11 is 0. The Labute approximate surface area is 109 Å². The monoisotopic (exact) mass is 259 g/mol. The van der Waals surface area contributed by atoms with Gasteiger partial charge < -0.3 is 15.6 Å². The second kappa shape index (κ2) is 5.34. The molecule has 6 nitrogen and oxygen atoms in total. The van der Waals surface area contributed by atoms with E-state index in [2.05, 4.69) is 9.97 Å². The van der Waals surface area contributed by atoms with Crippen LogP contribution < -0.4 is 10.5 Å². The van der Waals surface area contributed by atoms with E-state index >= 15 is 0 Å². The number of hydrogen-bond acceptors (Lipinski definition) is 5. The average molecular weight is 259 g/mol. The normalized spacial score (nSPS) is 10.2. The summed E-state index contributed by atoms with van der Waals surface area (Å²) in [5.74, 6) is -0.0888. The Morgan fingerprint density at radius 2 is 2.16 bits per heavy atom. The van der Waals surface area contributed by atoms with E-state index in [9.17, 15) is 4.79 Å². The van der Waals surface area contributed by atoms with E-state index in [0.29, 0.717) is 23.0 Å². The van der Waals surface area contributed by atoms with Crippen LogP contribution in [-0.2, 0) is 6.61 Å². The number of para-hydroxylation sites is 2. The van der Waals surface area contributed by atoms with Crippen molar-refractivity contribution < 1.29 is 14.6 Å². The van der Waals surface area contributed by atoms with Crippen molar-refractivity contribution in [3.63, 3.8) is 0 Å². The van der Waals surface area contributed by atoms with Gasteiger partial charge in [-0.1, -0.05) is 12.1 Å². The number of nitrogens with two attached hydrogens (primary N) is 1. The van der Waals surface area contributed by atoms with Crippen LogP contribution in [0.4, 0.5) is 5.69 Å². The number of hydrogen-bond donors (Lipinski definition) is 2. The minimum absolute atomic E-state index is 0.0861. The third-order valence-corrected chi connectivity index (χ3v) is 2.54. The minimum Gasteiger partial charge on any atom is -0.483 e. The summed E-state index contributed by atoms with van der Waals surface area (Å²) in [6, 6.07) is 7.10. The first-order valence-corrected chi connectivity index (χ1v) is 5.61. The Balaban J connectivity index is 2.11. The maximum absolute atomic E-state index is 10.8. The zero-order valence-corrected chi connectivity index (χ0v) is 10.3. The van der Waals surface area contributed by atoms with Gasteiger partial charge in [0.25, 0.3) is 0 Å². The number of nitrogen functional groups attached to an aromatic ring is 1. The number of benzene rings is 1. The van der Waals surface area contributed by atoms with Crippen LogP contribution in [0.15, 0.2) is 30.5 Å². The van der Waals surface area contributed by atoms with Crippen molar-refractivity contribution in [3.8, 4) is 5.75 Å². The molecule has 1 aromatic heterocycles. The van der Waals surface area contributed by atoms with Crippen LogP contribution in [-0.4, -0.2) is 21.0 Å². The molecule has 6 heteroatoms. The van der Waals surface area contributed by atoms with Crippen molar-refractivity contribution in [3.05, 3.63) is 47.5 Å². The number of aromatic carboxylic acids is 1. The van der Waals surface area contributed by atoms with Gasteiger partial charge in [-0.05, 0) is 19.1 Å². The maximum atomic E-state index is 10.8. The van der Waals surface area contributed by atoms with Crippen LogP contribution in [0.2, 0.25) is 0 Å². The highest BCUT2D eigenvalue weighted by Crippen LogP contribution is 2.20. The molecular formula is C13H13N3O3. The van der Waals surface area contributed by atoms with Crippen LogP contribution >= 0.6 is 0 Å². The number of aryl methyl sites for hydroxylation is 1. The molecule has 19 heavy (non-hydrogen) atoms. The van der Waals surface area contributed by atoms with Crippen molar-refractivity contribution in [1.29, 1.82) is 0 Å². The summed E-state index contributed by atoms with van der Waals surface area (Å²) < 4.78 is 5.48. The Hall–Kier alpha value is -2.63. The lowest BCUT2D eigenvalue weighted by molar-refractivity contribution is 0.0695. The van der Waals surface area contributed by atoms with Crippen LogP contribution in [0.3, 0.4) is 0 Å². The molecule has 1 heterocycles. The molecule has 0 saturated carbocycles. The number of carboxylic acids is 1. The highest BCUT2D eigenvalue weighted by atomic mass is 16.5. The van der Waals surface area contributed by atoms with E-state index in [1.807, 2.05) is 12.1 Å². The molecule has 1 aromatic carbocycles. The Morgan fingerprint density at radius 1 is 1.42 bits per heavy atom. The lowest BCUT2D eigenvalue weighted by Gasteiger charge is -2.08. The fourth-order valence-electron chi connectivity index (χ4n) is 1.55. The Kier molecular flexibility index (Phi) is 3.61. The van der Waals surface area contributed by atoms with E-state index in [0.717, 1.165) is 0 Å². The van der Waals surface area contributed by atoms with Gasteiger partial charge in [0.1, 0.15) is 12.4 Å². The summed E-state index contributed by atoms with van der Waals surface area (Å²) in [5.41, 5.74) is 6.75. The minimum atomic E-state index is -1.04. The van der Waals surface area contributed by atoms with Gasteiger partial charge in [0, 0.05) is 6.20 Å². The molecule has 0 aliphatic rings. The van der Waals surface area contributed by atoms with Crippen molar-refractivity contribution in [2.24, 2.45) is 0 Å². The van der Waals surface area contributed by atoms with Gasteiger partial charge in [0.15, 0.2) is 5.82 Å². The Bertz CT molecular complexity index is 614. The molecule has 3 N–H and O–H groups in total. The number of carboxylic acid groups (broad SMARTS) is 1. The molecule has 0 amide bonds. The topological polar surface area (TPSA) is 98.3 Å².